The number of primary amides is 1. The Bertz CT molecular complexity index is 512. The second kappa shape index (κ2) is 4.62. The van der Waals surface area contributed by atoms with Crippen molar-refractivity contribution >= 4 is 28.2 Å². The van der Waals surface area contributed by atoms with Crippen LogP contribution in [0.4, 0.5) is 10.5 Å². The molecule has 0 aromatic heterocycles. The van der Waals surface area contributed by atoms with Crippen molar-refractivity contribution in [3.05, 3.63) is 24.3 Å². The van der Waals surface area contributed by atoms with E-state index in [9.17, 15) is 18.0 Å². The zero-order valence-electron chi connectivity index (χ0n) is 8.01. The van der Waals surface area contributed by atoms with Crippen LogP contribution in [0.5, 0.6) is 0 Å². The zero-order chi connectivity index (χ0) is 12.2. The maximum atomic E-state index is 11.6. The van der Waals surface area contributed by atoms with Crippen LogP contribution in [0.15, 0.2) is 29.2 Å². The molecule has 3 amide bonds. The third-order valence-corrected chi connectivity index (χ3v) is 3.03. The Labute approximate surface area is 91.7 Å². The van der Waals surface area contributed by atoms with Crippen LogP contribution in [0.1, 0.15) is 0 Å². The Kier molecular flexibility index (Phi) is 3.46. The minimum atomic E-state index is -4.06. The molecule has 7 nitrogen and oxygen atoms in total. The first-order chi connectivity index (χ1) is 7.47. The number of nitrogens with one attached hydrogen (secondary N) is 2. The van der Waals surface area contributed by atoms with Gasteiger partial charge in [-0.05, 0) is 12.1 Å². The predicted molar refractivity (Wildman–Crippen MR) is 56.0 cm³/mol. The highest BCUT2D eigenvalue weighted by Crippen LogP contribution is 2.19. The molecule has 0 saturated heterocycles. The molecule has 16 heavy (non-hydrogen) atoms. The second-order valence-electron chi connectivity index (χ2n) is 2.73. The summed E-state index contributed by atoms with van der Waals surface area (Å²) in [5.74, 6) is 0. The molecule has 8 heteroatoms. The highest BCUT2D eigenvalue weighted by atomic mass is 32.2. The normalized spacial score (nSPS) is 10.5. The third-order valence-electron chi connectivity index (χ3n) is 1.63. The van der Waals surface area contributed by atoms with Gasteiger partial charge in [-0.25, -0.2) is 17.9 Å². The highest BCUT2D eigenvalue weighted by molar-refractivity contribution is 7.90. The van der Waals surface area contributed by atoms with E-state index >= 15 is 0 Å². The molecule has 86 valence electrons. The standard InChI is InChI=1S/C8H9N3O4S/c9-8(13)11-16(14,15)7-4-2-1-3-6(7)10-5-12/h1-5H,(H,10,12)(H3,9,11,13). The van der Waals surface area contributed by atoms with E-state index in [-0.39, 0.29) is 10.6 Å². The molecule has 0 fully saturated rings. The lowest BCUT2D eigenvalue weighted by Crippen LogP contribution is -2.35. The van der Waals surface area contributed by atoms with Gasteiger partial charge >= 0.3 is 6.03 Å². The molecule has 1 rings (SSSR count). The van der Waals surface area contributed by atoms with Crippen molar-refractivity contribution in [2.75, 3.05) is 5.32 Å². The van der Waals surface area contributed by atoms with E-state index in [1.807, 2.05) is 0 Å². The number of nitrogens with two attached hydrogens (primary N) is 1. The van der Waals surface area contributed by atoms with Gasteiger partial charge in [-0.1, -0.05) is 12.1 Å². The van der Waals surface area contributed by atoms with Crippen molar-refractivity contribution in [1.82, 2.24) is 4.72 Å². The van der Waals surface area contributed by atoms with Crippen LogP contribution in [0.25, 0.3) is 0 Å². The summed E-state index contributed by atoms with van der Waals surface area (Å²) in [5.41, 5.74) is 4.78. The number of hydrogen-bond acceptors (Lipinski definition) is 4. The predicted octanol–water partition coefficient (Wildman–Crippen LogP) is -0.388. The number of para-hydroxylation sites is 1. The molecular weight excluding hydrogens is 234 g/mol. The average Bonchev–Trinajstić information content (AvgIpc) is 2.17. The Balaban J connectivity index is 3.21. The summed E-state index contributed by atoms with van der Waals surface area (Å²) in [4.78, 5) is 20.5. The van der Waals surface area contributed by atoms with Crippen LogP contribution in [0.2, 0.25) is 0 Å². The summed E-state index contributed by atoms with van der Waals surface area (Å²) in [6.07, 6.45) is 0.332. The average molecular weight is 243 g/mol. The fourth-order valence-corrected chi connectivity index (χ4v) is 2.12. The van der Waals surface area contributed by atoms with E-state index in [1.165, 1.54) is 24.3 Å². The molecule has 0 unspecified atom stereocenters. The van der Waals surface area contributed by atoms with E-state index in [1.54, 1.807) is 4.72 Å². The maximum absolute atomic E-state index is 11.6. The topological polar surface area (TPSA) is 118 Å². The number of carbonyl (C=O) groups excluding carboxylic acids is 2. The SMILES string of the molecule is NC(=O)NS(=O)(=O)c1ccccc1NC=O. The van der Waals surface area contributed by atoms with Gasteiger partial charge in [-0.15, -0.1) is 0 Å². The van der Waals surface area contributed by atoms with Crippen molar-refractivity contribution in [3.8, 4) is 0 Å². The molecule has 4 N–H and O–H groups in total. The van der Waals surface area contributed by atoms with Gasteiger partial charge < -0.3 is 11.1 Å². The first-order valence-electron chi connectivity index (χ1n) is 4.09. The van der Waals surface area contributed by atoms with Crippen LogP contribution in [-0.4, -0.2) is 20.9 Å². The second-order valence-corrected chi connectivity index (χ2v) is 4.38. The van der Waals surface area contributed by atoms with Gasteiger partial charge in [0.05, 0.1) is 5.69 Å². The number of hydrogen-bond donors (Lipinski definition) is 3. The summed E-state index contributed by atoms with van der Waals surface area (Å²) in [6, 6.07) is 4.41. The van der Waals surface area contributed by atoms with E-state index < -0.39 is 16.1 Å². The lowest BCUT2D eigenvalue weighted by molar-refractivity contribution is -0.105. The molecule has 0 aliphatic rings. The van der Waals surface area contributed by atoms with Gasteiger partial charge in [0.2, 0.25) is 6.41 Å². The van der Waals surface area contributed by atoms with Crippen LogP contribution >= 0.6 is 0 Å². The van der Waals surface area contributed by atoms with Gasteiger partial charge in [0.1, 0.15) is 4.90 Å². The number of anilines is 1. The van der Waals surface area contributed by atoms with E-state index in [0.29, 0.717) is 6.41 Å². The van der Waals surface area contributed by atoms with Crippen molar-refractivity contribution in [3.63, 3.8) is 0 Å². The van der Waals surface area contributed by atoms with Crippen molar-refractivity contribution in [1.29, 1.82) is 0 Å². The minimum absolute atomic E-state index is 0.0613. The largest absolute Gasteiger partial charge is 0.351 e. The summed E-state index contributed by atoms with van der Waals surface area (Å²) in [7, 11) is -4.06. The molecule has 0 atom stereocenters. The Morgan fingerprint density at radius 3 is 2.50 bits per heavy atom. The highest BCUT2D eigenvalue weighted by Gasteiger charge is 2.19. The molecule has 1 aromatic carbocycles. The van der Waals surface area contributed by atoms with E-state index in [4.69, 9.17) is 5.73 Å². The number of urea groups is 1. The van der Waals surface area contributed by atoms with Crippen LogP contribution in [0, 0.1) is 0 Å². The number of amides is 3. The zero-order valence-corrected chi connectivity index (χ0v) is 8.82. The molecule has 0 spiro atoms. The third kappa shape index (κ3) is 2.70. The minimum Gasteiger partial charge on any atom is -0.351 e. The van der Waals surface area contributed by atoms with Gasteiger partial charge in [0.15, 0.2) is 0 Å². The van der Waals surface area contributed by atoms with Crippen LogP contribution in [-0.2, 0) is 14.8 Å². The smallest absolute Gasteiger partial charge is 0.326 e. The molecule has 0 aliphatic carbocycles. The molecule has 0 bridgehead atoms. The van der Waals surface area contributed by atoms with Gasteiger partial charge in [-0.3, -0.25) is 4.79 Å². The number of carbonyl (C=O) groups is 2. The van der Waals surface area contributed by atoms with Crippen molar-refractivity contribution < 1.29 is 18.0 Å². The molecule has 1 aromatic rings. The van der Waals surface area contributed by atoms with Gasteiger partial charge in [0, 0.05) is 0 Å². The summed E-state index contributed by atoms with van der Waals surface area (Å²) >= 11 is 0. The Hall–Kier alpha value is -2.09. The molecule has 0 aliphatic heterocycles. The monoisotopic (exact) mass is 243 g/mol. The molecule has 0 saturated carbocycles. The molecule has 0 radical (unpaired) electrons. The van der Waals surface area contributed by atoms with Crippen LogP contribution < -0.4 is 15.8 Å². The van der Waals surface area contributed by atoms with Crippen molar-refractivity contribution in [2.24, 2.45) is 5.73 Å². The van der Waals surface area contributed by atoms with Gasteiger partial charge in [-0.2, -0.15) is 0 Å². The number of sulfonamides is 1. The lowest BCUT2D eigenvalue weighted by Gasteiger charge is -2.08. The summed E-state index contributed by atoms with van der Waals surface area (Å²) in [5, 5.41) is 2.20. The van der Waals surface area contributed by atoms with Gasteiger partial charge in [0.25, 0.3) is 10.0 Å². The maximum Gasteiger partial charge on any atom is 0.326 e. The lowest BCUT2D eigenvalue weighted by atomic mass is 10.3. The first kappa shape index (κ1) is 12.0. The first-order valence-corrected chi connectivity index (χ1v) is 5.57. The van der Waals surface area contributed by atoms with Crippen molar-refractivity contribution in [2.45, 2.75) is 4.90 Å². The fourth-order valence-electron chi connectivity index (χ4n) is 1.07. The Morgan fingerprint density at radius 1 is 1.31 bits per heavy atom. The number of benzene rings is 1. The van der Waals surface area contributed by atoms with E-state index in [0.717, 1.165) is 0 Å². The Morgan fingerprint density at radius 2 is 1.94 bits per heavy atom. The summed E-state index contributed by atoms with van der Waals surface area (Å²) in [6.45, 7) is 0. The molecule has 0 heterocycles. The fraction of sp³-hybridized carbons (Fsp3) is 0. The number of rotatable bonds is 4. The molecular formula is C8H9N3O4S. The van der Waals surface area contributed by atoms with Crippen LogP contribution in [0.3, 0.4) is 0 Å². The van der Waals surface area contributed by atoms with E-state index in [2.05, 4.69) is 5.32 Å². The quantitative estimate of drug-likeness (QED) is 0.624. The summed E-state index contributed by atoms with van der Waals surface area (Å²) < 4.78 is 24.7.